The Morgan fingerprint density at radius 3 is 2.68 bits per heavy atom. The van der Waals surface area contributed by atoms with Gasteiger partial charge in [0.1, 0.15) is 18.8 Å². The van der Waals surface area contributed by atoms with Crippen LogP contribution in [0.5, 0.6) is 0 Å². The van der Waals surface area contributed by atoms with Crippen molar-refractivity contribution in [1.82, 2.24) is 0 Å². The first-order valence-electron chi connectivity index (χ1n) is 6.07. The van der Waals surface area contributed by atoms with Crippen molar-refractivity contribution in [3.8, 4) is 0 Å². The van der Waals surface area contributed by atoms with E-state index in [1.165, 1.54) is 13.8 Å². The first kappa shape index (κ1) is 15.9. The molecule has 0 aromatic carbocycles. The van der Waals surface area contributed by atoms with Gasteiger partial charge in [-0.15, -0.1) is 0 Å². The van der Waals surface area contributed by atoms with Crippen molar-refractivity contribution in [1.29, 1.82) is 0 Å². The summed E-state index contributed by atoms with van der Waals surface area (Å²) < 4.78 is 20.0. The summed E-state index contributed by atoms with van der Waals surface area (Å²) in [7, 11) is 0. The lowest BCUT2D eigenvalue weighted by Gasteiger charge is -2.19. The molecule has 2 N–H and O–H groups in total. The van der Waals surface area contributed by atoms with Crippen LogP contribution >= 0.6 is 0 Å². The van der Waals surface area contributed by atoms with E-state index in [4.69, 9.17) is 19.3 Å². The van der Waals surface area contributed by atoms with Crippen LogP contribution in [0.4, 0.5) is 0 Å². The Kier molecular flexibility index (Phi) is 6.79. The molecule has 0 aliphatic carbocycles. The molecule has 1 aliphatic heterocycles. The average Bonchev–Trinajstić information content (AvgIpc) is 3.14. The Hall–Kier alpha value is -1.15. The maximum Gasteiger partial charge on any atom is 0.333 e. The van der Waals surface area contributed by atoms with Crippen LogP contribution < -0.4 is 0 Å². The molecule has 7 nitrogen and oxygen atoms in total. The minimum absolute atomic E-state index is 0.0600. The van der Waals surface area contributed by atoms with Gasteiger partial charge in [0.2, 0.25) is 6.29 Å². The number of ether oxygens (including phenoxy) is 4. The lowest BCUT2D eigenvalue weighted by molar-refractivity contribution is -0.163. The van der Waals surface area contributed by atoms with Crippen LogP contribution in [-0.4, -0.2) is 60.6 Å². The van der Waals surface area contributed by atoms with Crippen LogP contribution in [0.3, 0.4) is 0 Å². The van der Waals surface area contributed by atoms with Gasteiger partial charge in [-0.25, -0.2) is 4.79 Å². The Morgan fingerprint density at radius 2 is 2.16 bits per heavy atom. The number of esters is 1. The van der Waals surface area contributed by atoms with Gasteiger partial charge in [-0.2, -0.15) is 0 Å². The molecule has 0 bridgehead atoms. The number of carbonyl (C=O) groups is 1. The summed E-state index contributed by atoms with van der Waals surface area (Å²) in [5.74, 6) is -0.643. The number of aliphatic hydroxyl groups is 2. The normalized spacial score (nSPS) is 22.8. The second-order valence-corrected chi connectivity index (χ2v) is 4.32. The van der Waals surface area contributed by atoms with Crippen LogP contribution in [0.25, 0.3) is 0 Å². The highest BCUT2D eigenvalue weighted by Gasteiger charge is 2.26. The quantitative estimate of drug-likeness (QED) is 0.194. The van der Waals surface area contributed by atoms with E-state index in [0.29, 0.717) is 13.2 Å². The van der Waals surface area contributed by atoms with Gasteiger partial charge in [-0.3, -0.25) is 0 Å². The van der Waals surface area contributed by atoms with Gasteiger partial charge in [0.05, 0.1) is 31.7 Å². The average molecular weight is 276 g/mol. The topological polar surface area (TPSA) is 97.8 Å². The summed E-state index contributed by atoms with van der Waals surface area (Å²) in [6.45, 7) is 3.91. The molecule has 0 saturated carbocycles. The second kappa shape index (κ2) is 8.11. The fraction of sp³-hybridized carbons (Fsp3) is 0.750. The van der Waals surface area contributed by atoms with Crippen LogP contribution in [0.2, 0.25) is 0 Å². The number of hydrogen-bond donors (Lipinski definition) is 2. The zero-order valence-electron chi connectivity index (χ0n) is 11.0. The standard InChI is InChI=1S/C12H20O7/c1-8(13)5-18-11(15)3-4-16-12(9(2)14)19-7-10-6-17-10/h3-4,8-10,12-14H,5-7H2,1-2H3. The van der Waals surface area contributed by atoms with Crippen LogP contribution in [0, 0.1) is 0 Å². The van der Waals surface area contributed by atoms with Gasteiger partial charge in [-0.1, -0.05) is 0 Å². The van der Waals surface area contributed by atoms with Gasteiger partial charge in [0.25, 0.3) is 0 Å². The molecular weight excluding hydrogens is 256 g/mol. The van der Waals surface area contributed by atoms with Crippen LogP contribution in [-0.2, 0) is 23.7 Å². The highest BCUT2D eigenvalue weighted by molar-refractivity contribution is 5.81. The molecule has 0 aromatic rings. The van der Waals surface area contributed by atoms with Crippen LogP contribution in [0.15, 0.2) is 12.3 Å². The number of rotatable bonds is 9. The maximum absolute atomic E-state index is 11.2. The molecule has 0 amide bonds. The lowest BCUT2D eigenvalue weighted by atomic mass is 10.4. The first-order chi connectivity index (χ1) is 8.99. The third kappa shape index (κ3) is 7.78. The zero-order chi connectivity index (χ0) is 14.3. The molecule has 1 fully saturated rings. The van der Waals surface area contributed by atoms with E-state index in [0.717, 1.165) is 12.3 Å². The van der Waals surface area contributed by atoms with E-state index in [2.05, 4.69) is 4.74 Å². The lowest BCUT2D eigenvalue weighted by Crippen LogP contribution is -2.29. The Labute approximate surface area is 111 Å². The number of aliphatic hydroxyl groups excluding tert-OH is 2. The predicted octanol–water partition coefficient (Wildman–Crippen LogP) is -0.437. The van der Waals surface area contributed by atoms with E-state index in [1.54, 1.807) is 0 Å². The summed E-state index contributed by atoms with van der Waals surface area (Å²) in [5, 5.41) is 18.3. The van der Waals surface area contributed by atoms with E-state index >= 15 is 0 Å². The fourth-order valence-corrected chi connectivity index (χ4v) is 1.08. The van der Waals surface area contributed by atoms with Gasteiger partial charge in [0.15, 0.2) is 0 Å². The Morgan fingerprint density at radius 1 is 1.47 bits per heavy atom. The Bertz CT molecular complexity index is 296. The number of carbonyl (C=O) groups excluding carboxylic acids is 1. The molecule has 0 radical (unpaired) electrons. The van der Waals surface area contributed by atoms with E-state index in [-0.39, 0.29) is 12.7 Å². The molecule has 0 aromatic heterocycles. The molecular formula is C12H20O7. The smallest absolute Gasteiger partial charge is 0.333 e. The third-order valence-corrected chi connectivity index (χ3v) is 2.13. The molecule has 7 heteroatoms. The first-order valence-corrected chi connectivity index (χ1v) is 6.07. The molecule has 1 aliphatic rings. The molecule has 1 rings (SSSR count). The SMILES string of the molecule is CC(O)COC(=O)C=COC(OCC1CO1)C(C)O. The highest BCUT2D eigenvalue weighted by Crippen LogP contribution is 2.12. The predicted molar refractivity (Wildman–Crippen MR) is 64.0 cm³/mol. The molecule has 1 saturated heterocycles. The van der Waals surface area contributed by atoms with Gasteiger partial charge < -0.3 is 29.2 Å². The molecule has 19 heavy (non-hydrogen) atoms. The zero-order valence-corrected chi connectivity index (χ0v) is 11.0. The van der Waals surface area contributed by atoms with Crippen molar-refractivity contribution < 1.29 is 34.0 Å². The van der Waals surface area contributed by atoms with E-state index < -0.39 is 24.5 Å². The summed E-state index contributed by atoms with van der Waals surface area (Å²) in [5.41, 5.74) is 0. The van der Waals surface area contributed by atoms with Gasteiger partial charge >= 0.3 is 5.97 Å². The van der Waals surface area contributed by atoms with Crippen molar-refractivity contribution >= 4 is 5.97 Å². The summed E-state index contributed by atoms with van der Waals surface area (Å²) in [4.78, 5) is 11.2. The second-order valence-electron chi connectivity index (χ2n) is 4.32. The molecule has 4 unspecified atom stereocenters. The summed E-state index contributed by atoms with van der Waals surface area (Å²) in [6.07, 6.45) is -0.235. The molecule has 4 atom stereocenters. The van der Waals surface area contributed by atoms with Crippen molar-refractivity contribution in [2.24, 2.45) is 0 Å². The number of epoxide rings is 1. The van der Waals surface area contributed by atoms with Gasteiger partial charge in [0, 0.05) is 0 Å². The monoisotopic (exact) mass is 276 g/mol. The van der Waals surface area contributed by atoms with Crippen molar-refractivity contribution in [2.75, 3.05) is 19.8 Å². The van der Waals surface area contributed by atoms with E-state index in [1.807, 2.05) is 0 Å². The highest BCUT2D eigenvalue weighted by atomic mass is 16.7. The molecule has 1 heterocycles. The van der Waals surface area contributed by atoms with Crippen LogP contribution in [0.1, 0.15) is 13.8 Å². The van der Waals surface area contributed by atoms with Crippen molar-refractivity contribution in [3.05, 3.63) is 12.3 Å². The minimum Gasteiger partial charge on any atom is -0.469 e. The minimum atomic E-state index is -0.870. The number of hydrogen-bond acceptors (Lipinski definition) is 7. The molecule has 0 spiro atoms. The van der Waals surface area contributed by atoms with E-state index in [9.17, 15) is 9.90 Å². The third-order valence-electron chi connectivity index (χ3n) is 2.13. The Balaban J connectivity index is 2.22. The fourth-order valence-electron chi connectivity index (χ4n) is 1.08. The van der Waals surface area contributed by atoms with Crippen molar-refractivity contribution in [3.63, 3.8) is 0 Å². The van der Waals surface area contributed by atoms with Crippen molar-refractivity contribution in [2.45, 2.75) is 38.4 Å². The largest absolute Gasteiger partial charge is 0.469 e. The summed E-state index contributed by atoms with van der Waals surface area (Å²) in [6, 6.07) is 0. The summed E-state index contributed by atoms with van der Waals surface area (Å²) >= 11 is 0. The molecule has 110 valence electrons. The maximum atomic E-state index is 11.2. The van der Waals surface area contributed by atoms with Gasteiger partial charge in [-0.05, 0) is 13.8 Å².